The predicted molar refractivity (Wildman–Crippen MR) is 90.9 cm³/mol. The summed E-state index contributed by atoms with van der Waals surface area (Å²) in [4.78, 5) is 12.0. The predicted octanol–water partition coefficient (Wildman–Crippen LogP) is 3.43. The molecule has 0 amide bonds. The van der Waals surface area contributed by atoms with Crippen LogP contribution >= 0.6 is 0 Å². The molecule has 0 spiro atoms. The van der Waals surface area contributed by atoms with E-state index >= 15 is 0 Å². The fraction of sp³-hybridized carbons (Fsp3) is 0.167. The summed E-state index contributed by atoms with van der Waals surface area (Å²) in [5.41, 5.74) is 1.33. The van der Waals surface area contributed by atoms with E-state index in [1.54, 1.807) is 37.3 Å². The van der Waals surface area contributed by atoms with E-state index in [1.165, 1.54) is 18.2 Å². The Balaban J connectivity index is 2.06. The van der Waals surface area contributed by atoms with Crippen molar-refractivity contribution in [1.82, 2.24) is 0 Å². The average molecular weight is 344 g/mol. The van der Waals surface area contributed by atoms with Gasteiger partial charge in [-0.1, -0.05) is 25.1 Å². The second-order valence-corrected chi connectivity index (χ2v) is 6.90. The highest BCUT2D eigenvalue weighted by Crippen LogP contribution is 2.26. The van der Waals surface area contributed by atoms with E-state index in [1.807, 2.05) is 6.92 Å². The molecule has 124 valence electrons. The minimum Gasteiger partial charge on any atom is -0.422 e. The van der Waals surface area contributed by atoms with Crippen LogP contribution in [0.4, 0.5) is 0 Å². The number of rotatable bonds is 4. The molecule has 5 nitrogen and oxygen atoms in total. The lowest BCUT2D eigenvalue weighted by molar-refractivity contribution is 0.485. The van der Waals surface area contributed by atoms with Gasteiger partial charge in [-0.25, -0.2) is 4.79 Å². The van der Waals surface area contributed by atoms with Crippen LogP contribution in [0.5, 0.6) is 5.75 Å². The molecule has 0 N–H and O–H groups in total. The van der Waals surface area contributed by atoms with E-state index in [0.29, 0.717) is 17.6 Å². The number of hydrogen-bond acceptors (Lipinski definition) is 5. The van der Waals surface area contributed by atoms with Crippen molar-refractivity contribution in [3.63, 3.8) is 0 Å². The molecular weight excluding hydrogens is 328 g/mol. The first-order valence-electron chi connectivity index (χ1n) is 7.48. The highest BCUT2D eigenvalue weighted by molar-refractivity contribution is 7.87. The lowest BCUT2D eigenvalue weighted by atomic mass is 10.0. The first-order valence-corrected chi connectivity index (χ1v) is 8.89. The van der Waals surface area contributed by atoms with Gasteiger partial charge in [-0.05, 0) is 43.2 Å². The van der Waals surface area contributed by atoms with Gasteiger partial charge >= 0.3 is 15.7 Å². The van der Waals surface area contributed by atoms with Crippen molar-refractivity contribution in [2.45, 2.75) is 25.2 Å². The third-order valence-electron chi connectivity index (χ3n) is 3.83. The van der Waals surface area contributed by atoms with Gasteiger partial charge in [-0.15, -0.1) is 0 Å². The Hall–Kier alpha value is -2.60. The van der Waals surface area contributed by atoms with Crippen LogP contribution in [0.3, 0.4) is 0 Å². The normalized spacial score (nSPS) is 11.6. The minimum absolute atomic E-state index is 0.0599. The van der Waals surface area contributed by atoms with Crippen LogP contribution in [-0.4, -0.2) is 8.42 Å². The van der Waals surface area contributed by atoms with Gasteiger partial charge < -0.3 is 8.60 Å². The maximum Gasteiger partial charge on any atom is 0.339 e. The van der Waals surface area contributed by atoms with Gasteiger partial charge in [0.2, 0.25) is 0 Å². The maximum absolute atomic E-state index is 12.3. The van der Waals surface area contributed by atoms with Gasteiger partial charge in [-0.2, -0.15) is 8.42 Å². The molecule has 0 fully saturated rings. The molecule has 0 saturated heterocycles. The Labute approximate surface area is 139 Å². The molecule has 0 aliphatic rings. The zero-order valence-electron chi connectivity index (χ0n) is 13.3. The number of hydrogen-bond donors (Lipinski definition) is 0. The highest BCUT2D eigenvalue weighted by atomic mass is 32.2. The van der Waals surface area contributed by atoms with Crippen molar-refractivity contribution >= 4 is 21.1 Å². The van der Waals surface area contributed by atoms with Crippen LogP contribution in [0.25, 0.3) is 11.0 Å². The fourth-order valence-electron chi connectivity index (χ4n) is 2.61. The number of aryl methyl sites for hydroxylation is 1. The molecule has 1 aromatic heterocycles. The van der Waals surface area contributed by atoms with Crippen LogP contribution in [0.1, 0.15) is 18.1 Å². The first-order chi connectivity index (χ1) is 11.4. The molecule has 24 heavy (non-hydrogen) atoms. The Kier molecular flexibility index (Phi) is 4.15. The fourth-order valence-corrected chi connectivity index (χ4v) is 3.55. The molecule has 0 aliphatic carbocycles. The quantitative estimate of drug-likeness (QED) is 0.535. The summed E-state index contributed by atoms with van der Waals surface area (Å²) >= 11 is 0. The Morgan fingerprint density at radius 2 is 1.79 bits per heavy atom. The molecule has 0 bridgehead atoms. The Bertz CT molecular complexity index is 1050. The van der Waals surface area contributed by atoms with Crippen molar-refractivity contribution in [2.24, 2.45) is 0 Å². The molecule has 1 heterocycles. The zero-order chi connectivity index (χ0) is 17.3. The minimum atomic E-state index is -3.94. The monoisotopic (exact) mass is 344 g/mol. The van der Waals surface area contributed by atoms with Gasteiger partial charge in [0.25, 0.3) is 0 Å². The molecule has 0 unspecified atom stereocenters. The van der Waals surface area contributed by atoms with Crippen LogP contribution < -0.4 is 9.81 Å². The van der Waals surface area contributed by atoms with Crippen molar-refractivity contribution in [3.05, 3.63) is 70.1 Å². The van der Waals surface area contributed by atoms with E-state index in [9.17, 15) is 13.2 Å². The number of fused-ring (bicyclic) bond motifs is 1. The van der Waals surface area contributed by atoms with Crippen LogP contribution in [0.15, 0.2) is 62.6 Å². The van der Waals surface area contributed by atoms with Crippen molar-refractivity contribution in [1.29, 1.82) is 0 Å². The third-order valence-corrected chi connectivity index (χ3v) is 5.09. The summed E-state index contributed by atoms with van der Waals surface area (Å²) in [5, 5.41) is 0.777. The topological polar surface area (TPSA) is 73.6 Å². The lowest BCUT2D eigenvalue weighted by Crippen LogP contribution is -2.10. The van der Waals surface area contributed by atoms with Gasteiger partial charge in [-0.3, -0.25) is 0 Å². The van der Waals surface area contributed by atoms with E-state index in [4.69, 9.17) is 8.60 Å². The van der Waals surface area contributed by atoms with Gasteiger partial charge in [0, 0.05) is 17.0 Å². The van der Waals surface area contributed by atoms with Crippen LogP contribution in [0, 0.1) is 6.92 Å². The summed E-state index contributed by atoms with van der Waals surface area (Å²) < 4.78 is 34.9. The zero-order valence-corrected chi connectivity index (χ0v) is 14.1. The maximum atomic E-state index is 12.3. The molecular formula is C18H16O5S. The van der Waals surface area contributed by atoms with E-state index in [-0.39, 0.29) is 10.6 Å². The SMILES string of the molecule is CCc1c(C)c(=O)oc2cc(OS(=O)(=O)c3ccccc3)ccc12. The molecule has 0 radical (unpaired) electrons. The Morgan fingerprint density at radius 1 is 1.08 bits per heavy atom. The molecule has 3 aromatic rings. The average Bonchev–Trinajstić information content (AvgIpc) is 2.57. The van der Waals surface area contributed by atoms with Crippen molar-refractivity contribution in [2.75, 3.05) is 0 Å². The van der Waals surface area contributed by atoms with E-state index in [0.717, 1.165) is 10.9 Å². The first kappa shape index (κ1) is 16.3. The summed E-state index contributed by atoms with van der Waals surface area (Å²) in [6, 6.07) is 12.6. The summed E-state index contributed by atoms with van der Waals surface area (Å²) in [7, 11) is -3.94. The van der Waals surface area contributed by atoms with Crippen LogP contribution in [-0.2, 0) is 16.5 Å². The van der Waals surface area contributed by atoms with Gasteiger partial charge in [0.05, 0.1) is 0 Å². The second-order valence-electron chi connectivity index (χ2n) is 5.36. The standard InChI is InChI=1S/C18H16O5S/c1-3-15-12(2)18(19)22-17-11-13(9-10-16(15)17)23-24(20,21)14-7-5-4-6-8-14/h4-11H,3H2,1-2H3. The molecule has 0 atom stereocenters. The largest absolute Gasteiger partial charge is 0.422 e. The second kappa shape index (κ2) is 6.13. The molecule has 0 saturated carbocycles. The summed E-state index contributed by atoms with van der Waals surface area (Å²) in [6.07, 6.45) is 0.677. The summed E-state index contributed by atoms with van der Waals surface area (Å²) in [5.74, 6) is 0.0976. The van der Waals surface area contributed by atoms with E-state index < -0.39 is 15.7 Å². The molecule has 2 aromatic carbocycles. The molecule has 0 aliphatic heterocycles. The van der Waals surface area contributed by atoms with Crippen molar-refractivity contribution < 1.29 is 17.0 Å². The smallest absolute Gasteiger partial charge is 0.339 e. The van der Waals surface area contributed by atoms with Crippen molar-refractivity contribution in [3.8, 4) is 5.75 Å². The van der Waals surface area contributed by atoms with Gasteiger partial charge in [0.1, 0.15) is 16.2 Å². The number of benzene rings is 2. The molecule has 3 rings (SSSR count). The van der Waals surface area contributed by atoms with Crippen LogP contribution in [0.2, 0.25) is 0 Å². The molecule has 6 heteroatoms. The van der Waals surface area contributed by atoms with Gasteiger partial charge in [0.15, 0.2) is 0 Å². The lowest BCUT2D eigenvalue weighted by Gasteiger charge is -2.10. The van der Waals surface area contributed by atoms with E-state index in [2.05, 4.69) is 0 Å². The Morgan fingerprint density at radius 3 is 2.46 bits per heavy atom. The summed E-state index contributed by atoms with van der Waals surface area (Å²) in [6.45, 7) is 3.67. The highest BCUT2D eigenvalue weighted by Gasteiger charge is 2.17. The third kappa shape index (κ3) is 2.92.